The van der Waals surface area contributed by atoms with Crippen LogP contribution in [0.4, 0.5) is 0 Å². The lowest BCUT2D eigenvalue weighted by Gasteiger charge is -2.40. The molecule has 1 atom stereocenters. The Morgan fingerprint density at radius 3 is 2.50 bits per heavy atom. The Hall–Kier alpha value is -2.07. The van der Waals surface area contributed by atoms with Crippen LogP contribution in [0.25, 0.3) is 0 Å². The maximum Gasteiger partial charge on any atom is 0.256 e. The third-order valence-corrected chi connectivity index (χ3v) is 5.15. The Bertz CT molecular complexity index is 720. The van der Waals surface area contributed by atoms with Crippen molar-refractivity contribution < 1.29 is 4.79 Å². The molecule has 1 fully saturated rings. The number of carbonyl (C=O) groups excluding carboxylic acids is 1. The van der Waals surface area contributed by atoms with Gasteiger partial charge in [0.05, 0.1) is 11.6 Å². The second-order valence-corrected chi connectivity index (χ2v) is 6.72. The highest BCUT2D eigenvalue weighted by molar-refractivity contribution is 5.96. The number of nitrogens with zero attached hydrogens (tertiary/aromatic N) is 3. The van der Waals surface area contributed by atoms with Crippen molar-refractivity contribution in [3.05, 3.63) is 58.9 Å². The van der Waals surface area contributed by atoms with E-state index in [1.54, 1.807) is 0 Å². The third kappa shape index (κ3) is 2.98. The largest absolute Gasteiger partial charge is 0.349 e. The molecule has 0 unspecified atom stereocenters. The average Bonchev–Trinajstić information content (AvgIpc) is 2.89. The quantitative estimate of drug-likeness (QED) is 0.866. The van der Waals surface area contributed by atoms with Crippen LogP contribution in [0.2, 0.25) is 0 Å². The maximum atomic E-state index is 13.3. The van der Waals surface area contributed by atoms with Crippen LogP contribution in [0.1, 0.15) is 40.3 Å². The molecule has 1 aromatic carbocycles. The Kier molecular flexibility index (Phi) is 4.76. The molecule has 0 N–H and O–H groups in total. The van der Waals surface area contributed by atoms with E-state index in [1.165, 1.54) is 5.56 Å². The van der Waals surface area contributed by atoms with Crippen LogP contribution < -0.4 is 0 Å². The molecule has 4 nitrogen and oxygen atoms in total. The van der Waals surface area contributed by atoms with Gasteiger partial charge in [-0.05, 0) is 39.4 Å². The zero-order valence-corrected chi connectivity index (χ0v) is 15.1. The second-order valence-electron chi connectivity index (χ2n) is 6.72. The van der Waals surface area contributed by atoms with Gasteiger partial charge in [0.25, 0.3) is 5.91 Å². The molecule has 2 aromatic rings. The van der Waals surface area contributed by atoms with Gasteiger partial charge in [-0.3, -0.25) is 4.79 Å². The molecule has 3 rings (SSSR count). The standard InChI is InChI=1S/C20H27N3O/c1-5-22-15(2)13-18(16(22)3)20(24)23-12-11-21(4)14-19(23)17-9-7-6-8-10-17/h6-10,13,19H,5,11-12,14H2,1-4H3/t19-/m0/s1. The molecule has 0 saturated carbocycles. The van der Waals surface area contributed by atoms with Crippen LogP contribution in [0.5, 0.6) is 0 Å². The van der Waals surface area contributed by atoms with E-state index in [1.807, 2.05) is 12.1 Å². The minimum Gasteiger partial charge on any atom is -0.349 e. The molecule has 1 saturated heterocycles. The first-order chi connectivity index (χ1) is 11.5. The Balaban J connectivity index is 1.95. The van der Waals surface area contributed by atoms with Gasteiger partial charge in [0, 0.05) is 37.6 Å². The van der Waals surface area contributed by atoms with Crippen LogP contribution in [0.15, 0.2) is 36.4 Å². The van der Waals surface area contributed by atoms with Crippen molar-refractivity contribution in [3.8, 4) is 0 Å². The number of benzene rings is 1. The highest BCUT2D eigenvalue weighted by atomic mass is 16.2. The molecule has 4 heteroatoms. The van der Waals surface area contributed by atoms with E-state index < -0.39 is 0 Å². The third-order valence-electron chi connectivity index (χ3n) is 5.15. The molecular formula is C20H27N3O. The van der Waals surface area contributed by atoms with Gasteiger partial charge in [0.1, 0.15) is 0 Å². The number of hydrogen-bond acceptors (Lipinski definition) is 2. The van der Waals surface area contributed by atoms with Crippen molar-refractivity contribution in [2.75, 3.05) is 26.7 Å². The summed E-state index contributed by atoms with van der Waals surface area (Å²) in [5.41, 5.74) is 4.29. The molecule has 1 aromatic heterocycles. The van der Waals surface area contributed by atoms with Crippen LogP contribution in [-0.2, 0) is 6.54 Å². The van der Waals surface area contributed by atoms with Crippen molar-refractivity contribution in [1.82, 2.24) is 14.4 Å². The number of aromatic nitrogens is 1. The first-order valence-corrected chi connectivity index (χ1v) is 8.74. The smallest absolute Gasteiger partial charge is 0.256 e. The fourth-order valence-electron chi connectivity index (χ4n) is 3.78. The molecule has 1 amide bonds. The molecule has 24 heavy (non-hydrogen) atoms. The minimum absolute atomic E-state index is 0.113. The summed E-state index contributed by atoms with van der Waals surface area (Å²) < 4.78 is 2.21. The van der Waals surface area contributed by atoms with Crippen molar-refractivity contribution in [2.45, 2.75) is 33.4 Å². The number of carbonyl (C=O) groups is 1. The fraction of sp³-hybridized carbons (Fsp3) is 0.450. The fourth-order valence-corrected chi connectivity index (χ4v) is 3.78. The van der Waals surface area contributed by atoms with E-state index in [0.29, 0.717) is 0 Å². The van der Waals surface area contributed by atoms with Crippen molar-refractivity contribution >= 4 is 5.91 Å². The molecule has 2 heterocycles. The molecule has 0 radical (unpaired) electrons. The summed E-state index contributed by atoms with van der Waals surface area (Å²) in [6.45, 7) is 9.71. The van der Waals surface area contributed by atoms with Gasteiger partial charge in [0.15, 0.2) is 0 Å². The zero-order valence-electron chi connectivity index (χ0n) is 15.1. The van der Waals surface area contributed by atoms with Gasteiger partial charge in [-0.1, -0.05) is 30.3 Å². The lowest BCUT2D eigenvalue weighted by molar-refractivity contribution is 0.0497. The summed E-state index contributed by atoms with van der Waals surface area (Å²) in [6, 6.07) is 12.5. The number of rotatable bonds is 3. The van der Waals surface area contributed by atoms with Crippen molar-refractivity contribution in [2.24, 2.45) is 0 Å². The van der Waals surface area contributed by atoms with Crippen LogP contribution in [0, 0.1) is 13.8 Å². The van der Waals surface area contributed by atoms with Crippen LogP contribution in [-0.4, -0.2) is 47.0 Å². The number of hydrogen-bond donors (Lipinski definition) is 0. The van der Waals surface area contributed by atoms with Gasteiger partial charge >= 0.3 is 0 Å². The van der Waals surface area contributed by atoms with E-state index in [-0.39, 0.29) is 11.9 Å². The predicted molar refractivity (Wildman–Crippen MR) is 97.3 cm³/mol. The second kappa shape index (κ2) is 6.81. The lowest BCUT2D eigenvalue weighted by Crippen LogP contribution is -2.49. The van der Waals surface area contributed by atoms with E-state index in [2.05, 4.69) is 66.5 Å². The van der Waals surface area contributed by atoms with E-state index in [9.17, 15) is 4.79 Å². The van der Waals surface area contributed by atoms with E-state index in [0.717, 1.165) is 43.1 Å². The highest BCUT2D eigenvalue weighted by Gasteiger charge is 2.32. The summed E-state index contributed by atoms with van der Waals surface area (Å²) in [6.07, 6.45) is 0. The first kappa shape index (κ1) is 16.8. The lowest BCUT2D eigenvalue weighted by atomic mass is 10.0. The average molecular weight is 325 g/mol. The summed E-state index contributed by atoms with van der Waals surface area (Å²) in [7, 11) is 2.13. The Labute approximate surface area is 144 Å². The summed E-state index contributed by atoms with van der Waals surface area (Å²) in [4.78, 5) is 17.6. The van der Waals surface area contributed by atoms with Crippen LogP contribution in [0.3, 0.4) is 0 Å². The molecule has 0 spiro atoms. The normalized spacial score (nSPS) is 18.8. The van der Waals surface area contributed by atoms with Crippen molar-refractivity contribution in [1.29, 1.82) is 0 Å². The number of amides is 1. The molecule has 0 bridgehead atoms. The summed E-state index contributed by atoms with van der Waals surface area (Å²) in [5.74, 6) is 0.157. The van der Waals surface area contributed by atoms with Gasteiger partial charge in [0.2, 0.25) is 0 Å². The monoisotopic (exact) mass is 325 g/mol. The Morgan fingerprint density at radius 2 is 1.88 bits per heavy atom. The zero-order chi connectivity index (χ0) is 17.3. The minimum atomic E-state index is 0.113. The topological polar surface area (TPSA) is 28.5 Å². The van der Waals surface area contributed by atoms with Gasteiger partial charge in [-0.15, -0.1) is 0 Å². The molecule has 0 aliphatic carbocycles. The SMILES string of the molecule is CCn1c(C)cc(C(=O)N2CCN(C)C[C@H]2c2ccccc2)c1C. The summed E-state index contributed by atoms with van der Waals surface area (Å²) in [5, 5.41) is 0. The summed E-state index contributed by atoms with van der Waals surface area (Å²) >= 11 is 0. The van der Waals surface area contributed by atoms with E-state index in [4.69, 9.17) is 0 Å². The number of piperazine rings is 1. The van der Waals surface area contributed by atoms with Crippen LogP contribution >= 0.6 is 0 Å². The Morgan fingerprint density at radius 1 is 1.17 bits per heavy atom. The maximum absolute atomic E-state index is 13.3. The molecule has 128 valence electrons. The molecule has 1 aliphatic heterocycles. The van der Waals surface area contributed by atoms with Gasteiger partial charge in [-0.25, -0.2) is 0 Å². The van der Waals surface area contributed by atoms with Gasteiger partial charge in [-0.2, -0.15) is 0 Å². The van der Waals surface area contributed by atoms with Gasteiger partial charge < -0.3 is 14.4 Å². The molecular weight excluding hydrogens is 298 g/mol. The number of likely N-dealkylation sites (N-methyl/N-ethyl adjacent to an activating group) is 1. The van der Waals surface area contributed by atoms with E-state index >= 15 is 0 Å². The predicted octanol–water partition coefficient (Wildman–Crippen LogP) is 3.25. The van der Waals surface area contributed by atoms with Crippen molar-refractivity contribution in [3.63, 3.8) is 0 Å². The number of aryl methyl sites for hydroxylation is 1. The molecule has 1 aliphatic rings. The highest BCUT2D eigenvalue weighted by Crippen LogP contribution is 2.28. The first-order valence-electron chi connectivity index (χ1n) is 8.74.